The Balaban J connectivity index is 1.70. The second-order valence-corrected chi connectivity index (χ2v) is 6.60. The van der Waals surface area contributed by atoms with Gasteiger partial charge in [0.05, 0.1) is 0 Å². The van der Waals surface area contributed by atoms with Crippen LogP contribution in [0.4, 0.5) is 0 Å². The Labute approximate surface area is 149 Å². The highest BCUT2D eigenvalue weighted by Gasteiger charge is 2.33. The minimum atomic E-state index is 0.00668. The number of hydrogen-bond acceptors (Lipinski definition) is 4. The van der Waals surface area contributed by atoms with E-state index in [0.717, 1.165) is 19.5 Å². The summed E-state index contributed by atoms with van der Waals surface area (Å²) in [5.74, 6) is 0.639. The number of nitrogens with zero attached hydrogens (tertiary/aromatic N) is 4. The summed E-state index contributed by atoms with van der Waals surface area (Å²) < 4.78 is 0. The van der Waals surface area contributed by atoms with E-state index in [1.54, 1.807) is 12.3 Å². The molecule has 3 rings (SSSR count). The molecular formula is C20H26N4O. The molecule has 0 saturated carbocycles. The average molecular weight is 338 g/mol. The lowest BCUT2D eigenvalue weighted by molar-refractivity contribution is 0.0683. The van der Waals surface area contributed by atoms with E-state index in [1.807, 2.05) is 24.8 Å². The maximum Gasteiger partial charge on any atom is 0.272 e. The first kappa shape index (κ1) is 17.5. The molecule has 0 radical (unpaired) electrons. The van der Waals surface area contributed by atoms with E-state index in [4.69, 9.17) is 0 Å². The summed E-state index contributed by atoms with van der Waals surface area (Å²) >= 11 is 0. The van der Waals surface area contributed by atoms with Crippen molar-refractivity contribution in [1.29, 1.82) is 0 Å². The molecule has 1 amide bonds. The molecule has 1 aromatic heterocycles. The monoisotopic (exact) mass is 338 g/mol. The highest BCUT2D eigenvalue weighted by molar-refractivity contribution is 5.92. The van der Waals surface area contributed by atoms with Crippen molar-refractivity contribution >= 4 is 5.91 Å². The summed E-state index contributed by atoms with van der Waals surface area (Å²) in [6.45, 7) is 8.69. The molecule has 0 unspecified atom stereocenters. The Hall–Kier alpha value is -2.27. The van der Waals surface area contributed by atoms with Crippen LogP contribution in [0.15, 0.2) is 42.6 Å². The fraction of sp³-hybridized carbons (Fsp3) is 0.450. The van der Waals surface area contributed by atoms with Crippen molar-refractivity contribution in [2.24, 2.45) is 0 Å². The van der Waals surface area contributed by atoms with Gasteiger partial charge in [-0.25, -0.2) is 9.97 Å². The summed E-state index contributed by atoms with van der Waals surface area (Å²) in [5, 5.41) is 0. The Kier molecular flexibility index (Phi) is 5.43. The molecule has 2 heterocycles. The van der Waals surface area contributed by atoms with Gasteiger partial charge in [-0.2, -0.15) is 0 Å². The van der Waals surface area contributed by atoms with E-state index in [1.165, 1.54) is 5.56 Å². The van der Waals surface area contributed by atoms with Gasteiger partial charge in [-0.3, -0.25) is 9.69 Å². The summed E-state index contributed by atoms with van der Waals surface area (Å²) in [6, 6.07) is 12.9. The summed E-state index contributed by atoms with van der Waals surface area (Å²) in [4.78, 5) is 25.7. The molecule has 0 bridgehead atoms. The number of amides is 1. The number of aromatic nitrogens is 2. The standard InChI is InChI=1S/C20H26N4O/c1-4-24(20(25)19-10-12-21-16(3)22-19)18-11-13-23(14-18)15(2)17-8-6-5-7-9-17/h5-10,12,15,18H,4,11,13-14H2,1-3H3/t15-,18-/m1/s1. The minimum absolute atomic E-state index is 0.00668. The van der Waals surface area contributed by atoms with E-state index in [2.05, 4.69) is 46.1 Å². The van der Waals surface area contributed by atoms with Crippen molar-refractivity contribution in [3.05, 3.63) is 59.7 Å². The molecular weight excluding hydrogens is 312 g/mol. The second kappa shape index (κ2) is 7.74. The minimum Gasteiger partial charge on any atom is -0.333 e. The number of carbonyl (C=O) groups excluding carboxylic acids is 1. The zero-order valence-corrected chi connectivity index (χ0v) is 15.2. The van der Waals surface area contributed by atoms with Crippen molar-refractivity contribution in [3.8, 4) is 0 Å². The number of benzene rings is 1. The van der Waals surface area contributed by atoms with Crippen LogP contribution < -0.4 is 0 Å². The van der Waals surface area contributed by atoms with Gasteiger partial charge >= 0.3 is 0 Å². The normalized spacial score (nSPS) is 18.9. The van der Waals surface area contributed by atoms with Gasteiger partial charge in [0.2, 0.25) is 0 Å². The molecule has 1 aliphatic rings. The molecule has 5 nitrogen and oxygen atoms in total. The molecule has 0 N–H and O–H groups in total. The number of aryl methyl sites for hydroxylation is 1. The SMILES string of the molecule is CCN(C(=O)c1ccnc(C)n1)[C@@H]1CCN([C@H](C)c2ccccc2)C1. The Bertz CT molecular complexity index is 719. The first-order valence-electron chi connectivity index (χ1n) is 8.99. The van der Waals surface area contributed by atoms with Crippen molar-refractivity contribution < 1.29 is 4.79 Å². The third kappa shape index (κ3) is 3.87. The van der Waals surface area contributed by atoms with Gasteiger partial charge in [-0.05, 0) is 38.8 Å². The molecule has 2 aromatic rings. The lowest BCUT2D eigenvalue weighted by Crippen LogP contribution is -2.42. The van der Waals surface area contributed by atoms with E-state index in [-0.39, 0.29) is 11.9 Å². The molecule has 1 fully saturated rings. The molecule has 0 aliphatic carbocycles. The number of likely N-dealkylation sites (tertiary alicyclic amines) is 1. The van der Waals surface area contributed by atoms with Crippen molar-refractivity contribution in [2.75, 3.05) is 19.6 Å². The lowest BCUT2D eigenvalue weighted by atomic mass is 10.1. The third-order valence-corrected chi connectivity index (χ3v) is 5.06. The molecule has 0 spiro atoms. The average Bonchev–Trinajstić information content (AvgIpc) is 3.12. The molecule has 1 aromatic carbocycles. The maximum absolute atomic E-state index is 12.9. The van der Waals surface area contributed by atoms with Crippen LogP contribution in [0.3, 0.4) is 0 Å². The number of carbonyl (C=O) groups is 1. The molecule has 2 atom stereocenters. The van der Waals surface area contributed by atoms with Crippen molar-refractivity contribution in [1.82, 2.24) is 19.8 Å². The largest absolute Gasteiger partial charge is 0.333 e. The molecule has 1 saturated heterocycles. The van der Waals surface area contributed by atoms with Gasteiger partial charge in [-0.1, -0.05) is 30.3 Å². The van der Waals surface area contributed by atoms with Crippen LogP contribution in [0.2, 0.25) is 0 Å². The second-order valence-electron chi connectivity index (χ2n) is 6.60. The van der Waals surface area contributed by atoms with Crippen LogP contribution in [-0.2, 0) is 0 Å². The predicted molar refractivity (Wildman–Crippen MR) is 98.3 cm³/mol. The third-order valence-electron chi connectivity index (χ3n) is 5.06. The van der Waals surface area contributed by atoms with Crippen molar-refractivity contribution in [2.45, 2.75) is 39.3 Å². The van der Waals surface area contributed by atoms with Crippen LogP contribution in [0.5, 0.6) is 0 Å². The number of hydrogen-bond donors (Lipinski definition) is 0. The topological polar surface area (TPSA) is 49.3 Å². The Morgan fingerprint density at radius 1 is 1.32 bits per heavy atom. The fourth-order valence-electron chi connectivity index (χ4n) is 3.61. The fourth-order valence-corrected chi connectivity index (χ4v) is 3.61. The van der Waals surface area contributed by atoms with Crippen LogP contribution in [0.1, 0.15) is 48.2 Å². The lowest BCUT2D eigenvalue weighted by Gasteiger charge is -2.29. The van der Waals surface area contributed by atoms with Crippen LogP contribution in [0, 0.1) is 6.92 Å². The number of rotatable bonds is 5. The summed E-state index contributed by atoms with van der Waals surface area (Å²) in [5.41, 5.74) is 1.81. The molecule has 5 heteroatoms. The van der Waals surface area contributed by atoms with Gasteiger partial charge in [0.25, 0.3) is 5.91 Å². The zero-order chi connectivity index (χ0) is 17.8. The maximum atomic E-state index is 12.9. The van der Waals surface area contributed by atoms with Crippen LogP contribution in [-0.4, -0.2) is 51.4 Å². The van der Waals surface area contributed by atoms with E-state index in [9.17, 15) is 4.79 Å². The van der Waals surface area contributed by atoms with Gasteiger partial charge < -0.3 is 4.90 Å². The highest BCUT2D eigenvalue weighted by atomic mass is 16.2. The Morgan fingerprint density at radius 3 is 2.76 bits per heavy atom. The van der Waals surface area contributed by atoms with Gasteiger partial charge in [0, 0.05) is 37.9 Å². The van der Waals surface area contributed by atoms with Crippen molar-refractivity contribution in [3.63, 3.8) is 0 Å². The van der Waals surface area contributed by atoms with E-state index >= 15 is 0 Å². The predicted octanol–water partition coefficient (Wildman–Crippen LogP) is 3.08. The first-order valence-corrected chi connectivity index (χ1v) is 8.99. The Morgan fingerprint density at radius 2 is 2.08 bits per heavy atom. The van der Waals surface area contributed by atoms with Gasteiger partial charge in [0.1, 0.15) is 11.5 Å². The summed E-state index contributed by atoms with van der Waals surface area (Å²) in [7, 11) is 0. The van der Waals surface area contributed by atoms with Gasteiger partial charge in [0.15, 0.2) is 0 Å². The highest BCUT2D eigenvalue weighted by Crippen LogP contribution is 2.27. The first-order chi connectivity index (χ1) is 12.1. The number of likely N-dealkylation sites (N-methyl/N-ethyl adjacent to an activating group) is 1. The molecule has 25 heavy (non-hydrogen) atoms. The molecule has 1 aliphatic heterocycles. The van der Waals surface area contributed by atoms with E-state index < -0.39 is 0 Å². The smallest absolute Gasteiger partial charge is 0.272 e. The zero-order valence-electron chi connectivity index (χ0n) is 15.2. The molecule has 132 valence electrons. The van der Waals surface area contributed by atoms with Crippen LogP contribution >= 0.6 is 0 Å². The van der Waals surface area contributed by atoms with Gasteiger partial charge in [-0.15, -0.1) is 0 Å². The summed E-state index contributed by atoms with van der Waals surface area (Å²) in [6.07, 6.45) is 2.66. The quantitative estimate of drug-likeness (QED) is 0.841. The van der Waals surface area contributed by atoms with E-state index in [0.29, 0.717) is 24.1 Å². The van der Waals surface area contributed by atoms with Crippen LogP contribution in [0.25, 0.3) is 0 Å².